The van der Waals surface area contributed by atoms with Crippen LogP contribution in [0.2, 0.25) is 0 Å². The summed E-state index contributed by atoms with van der Waals surface area (Å²) in [6, 6.07) is 18.4. The first kappa shape index (κ1) is 18.5. The van der Waals surface area contributed by atoms with Crippen LogP contribution in [0.25, 0.3) is 11.3 Å². The maximum Gasteiger partial charge on any atom is 0.251 e. The third-order valence-corrected chi connectivity index (χ3v) is 4.02. The normalized spacial score (nSPS) is 10.5. The first-order valence-corrected chi connectivity index (χ1v) is 8.81. The largest absolute Gasteiger partial charge is 0.356 e. The molecule has 1 amide bonds. The highest BCUT2D eigenvalue weighted by molar-refractivity contribution is 5.95. The maximum atomic E-state index is 12.0. The fraction of sp³-hybridized carbons (Fsp3) is 0.190. The van der Waals surface area contributed by atoms with E-state index in [1.165, 1.54) is 0 Å². The average Bonchev–Trinajstić information content (AvgIpc) is 3.20. The number of carbonyl (C=O) groups is 2. The summed E-state index contributed by atoms with van der Waals surface area (Å²) >= 11 is 0. The number of nitrogens with one attached hydrogen (secondary N) is 2. The van der Waals surface area contributed by atoms with Gasteiger partial charge >= 0.3 is 0 Å². The predicted octanol–water partition coefficient (Wildman–Crippen LogP) is 3.06. The SMILES string of the molecule is O=Cc1cccc(C(=O)NCCCNCc2cc(-c3ccccc3)on2)c1. The van der Waals surface area contributed by atoms with Gasteiger partial charge in [0.05, 0.1) is 5.69 Å². The lowest BCUT2D eigenvalue weighted by molar-refractivity contribution is 0.0953. The minimum Gasteiger partial charge on any atom is -0.356 e. The predicted molar refractivity (Wildman–Crippen MR) is 102 cm³/mol. The first-order chi connectivity index (χ1) is 13.3. The van der Waals surface area contributed by atoms with Crippen molar-refractivity contribution >= 4 is 12.2 Å². The van der Waals surface area contributed by atoms with E-state index >= 15 is 0 Å². The van der Waals surface area contributed by atoms with Crippen molar-refractivity contribution in [3.8, 4) is 11.3 Å². The van der Waals surface area contributed by atoms with Crippen LogP contribution in [-0.2, 0) is 6.54 Å². The van der Waals surface area contributed by atoms with Gasteiger partial charge in [-0.3, -0.25) is 9.59 Å². The summed E-state index contributed by atoms with van der Waals surface area (Å²) < 4.78 is 5.36. The monoisotopic (exact) mass is 363 g/mol. The Hall–Kier alpha value is -3.25. The average molecular weight is 363 g/mol. The number of aromatic nitrogens is 1. The number of hydrogen-bond donors (Lipinski definition) is 2. The van der Waals surface area contributed by atoms with Crippen molar-refractivity contribution in [3.63, 3.8) is 0 Å². The number of aldehydes is 1. The van der Waals surface area contributed by atoms with E-state index in [4.69, 9.17) is 4.52 Å². The molecule has 2 N–H and O–H groups in total. The van der Waals surface area contributed by atoms with Crippen molar-refractivity contribution in [3.05, 3.63) is 77.5 Å². The second-order valence-corrected chi connectivity index (χ2v) is 6.08. The van der Waals surface area contributed by atoms with Crippen LogP contribution in [0.5, 0.6) is 0 Å². The minimum absolute atomic E-state index is 0.178. The van der Waals surface area contributed by atoms with Crippen LogP contribution in [0.4, 0.5) is 0 Å². The molecule has 0 bridgehead atoms. The third kappa shape index (κ3) is 5.36. The van der Waals surface area contributed by atoms with E-state index in [1.54, 1.807) is 24.3 Å². The molecule has 3 aromatic rings. The van der Waals surface area contributed by atoms with Gasteiger partial charge in [0.15, 0.2) is 5.76 Å². The molecular formula is C21H21N3O3. The lowest BCUT2D eigenvalue weighted by atomic mass is 10.1. The van der Waals surface area contributed by atoms with Crippen LogP contribution < -0.4 is 10.6 Å². The van der Waals surface area contributed by atoms with Crippen molar-refractivity contribution in [2.45, 2.75) is 13.0 Å². The molecule has 1 heterocycles. The Kier molecular flexibility index (Phi) is 6.49. The van der Waals surface area contributed by atoms with E-state index < -0.39 is 0 Å². The van der Waals surface area contributed by atoms with Gasteiger partial charge < -0.3 is 15.2 Å². The minimum atomic E-state index is -0.178. The summed E-state index contributed by atoms with van der Waals surface area (Å²) in [4.78, 5) is 22.8. The second-order valence-electron chi connectivity index (χ2n) is 6.08. The lowest BCUT2D eigenvalue weighted by Crippen LogP contribution is -2.27. The molecular weight excluding hydrogens is 342 g/mol. The maximum absolute atomic E-state index is 12.0. The quantitative estimate of drug-likeness (QED) is 0.451. The van der Waals surface area contributed by atoms with Gasteiger partial charge in [-0.1, -0.05) is 47.6 Å². The van der Waals surface area contributed by atoms with Crippen LogP contribution in [0.15, 0.2) is 65.2 Å². The highest BCUT2D eigenvalue weighted by atomic mass is 16.5. The smallest absolute Gasteiger partial charge is 0.251 e. The Bertz CT molecular complexity index is 890. The van der Waals surface area contributed by atoms with Crippen LogP contribution in [-0.4, -0.2) is 30.4 Å². The number of carbonyl (C=O) groups excluding carboxylic acids is 2. The highest BCUT2D eigenvalue weighted by Gasteiger charge is 2.07. The summed E-state index contributed by atoms with van der Waals surface area (Å²) in [7, 11) is 0. The molecule has 0 spiro atoms. The highest BCUT2D eigenvalue weighted by Crippen LogP contribution is 2.19. The summed E-state index contributed by atoms with van der Waals surface area (Å²) in [5, 5.41) is 10.2. The summed E-state index contributed by atoms with van der Waals surface area (Å²) in [6.07, 6.45) is 1.51. The molecule has 3 rings (SSSR count). The summed E-state index contributed by atoms with van der Waals surface area (Å²) in [5.74, 6) is 0.569. The van der Waals surface area contributed by atoms with Crippen molar-refractivity contribution in [2.75, 3.05) is 13.1 Å². The van der Waals surface area contributed by atoms with Gasteiger partial charge in [-0.05, 0) is 25.1 Å². The summed E-state index contributed by atoms with van der Waals surface area (Å²) in [5.41, 5.74) is 2.82. The van der Waals surface area contributed by atoms with E-state index in [1.807, 2.05) is 36.4 Å². The molecule has 27 heavy (non-hydrogen) atoms. The van der Waals surface area contributed by atoms with E-state index in [0.717, 1.165) is 36.3 Å². The van der Waals surface area contributed by atoms with Crippen molar-refractivity contribution in [1.29, 1.82) is 0 Å². The summed E-state index contributed by atoms with van der Waals surface area (Å²) in [6.45, 7) is 1.89. The van der Waals surface area contributed by atoms with Gasteiger partial charge in [0.2, 0.25) is 0 Å². The number of nitrogens with zero attached hydrogens (tertiary/aromatic N) is 1. The Morgan fingerprint density at radius 3 is 2.70 bits per heavy atom. The number of amides is 1. The molecule has 0 radical (unpaired) electrons. The fourth-order valence-electron chi connectivity index (χ4n) is 2.62. The van der Waals surface area contributed by atoms with Crippen molar-refractivity contribution in [2.24, 2.45) is 0 Å². The first-order valence-electron chi connectivity index (χ1n) is 8.81. The second kappa shape index (κ2) is 9.45. The van der Waals surface area contributed by atoms with Crippen LogP contribution in [0.3, 0.4) is 0 Å². The molecule has 138 valence electrons. The zero-order valence-electron chi connectivity index (χ0n) is 14.9. The topological polar surface area (TPSA) is 84.2 Å². The Labute approximate surface area is 157 Å². The van der Waals surface area contributed by atoms with Crippen LogP contribution in [0, 0.1) is 0 Å². The van der Waals surface area contributed by atoms with Gasteiger partial charge in [-0.25, -0.2) is 0 Å². The Morgan fingerprint density at radius 1 is 1.04 bits per heavy atom. The zero-order valence-corrected chi connectivity index (χ0v) is 14.9. The molecule has 0 saturated heterocycles. The Morgan fingerprint density at radius 2 is 1.89 bits per heavy atom. The van der Waals surface area contributed by atoms with Gasteiger partial charge in [0.25, 0.3) is 5.91 Å². The molecule has 2 aromatic carbocycles. The van der Waals surface area contributed by atoms with E-state index in [0.29, 0.717) is 24.2 Å². The van der Waals surface area contributed by atoms with Crippen LogP contribution >= 0.6 is 0 Å². The van der Waals surface area contributed by atoms with Gasteiger partial charge in [-0.15, -0.1) is 0 Å². The molecule has 0 atom stereocenters. The third-order valence-electron chi connectivity index (χ3n) is 4.02. The van der Waals surface area contributed by atoms with Gasteiger partial charge in [0, 0.05) is 35.8 Å². The fourth-order valence-corrected chi connectivity index (χ4v) is 2.62. The van der Waals surface area contributed by atoms with E-state index in [-0.39, 0.29) is 5.91 Å². The van der Waals surface area contributed by atoms with Crippen molar-refractivity contribution < 1.29 is 14.1 Å². The van der Waals surface area contributed by atoms with E-state index in [2.05, 4.69) is 15.8 Å². The number of rotatable bonds is 9. The molecule has 0 unspecified atom stereocenters. The number of benzene rings is 2. The zero-order chi connectivity index (χ0) is 18.9. The molecule has 0 aliphatic carbocycles. The van der Waals surface area contributed by atoms with Gasteiger partial charge in [-0.2, -0.15) is 0 Å². The molecule has 1 aromatic heterocycles. The van der Waals surface area contributed by atoms with Gasteiger partial charge in [0.1, 0.15) is 6.29 Å². The van der Waals surface area contributed by atoms with Crippen molar-refractivity contribution in [1.82, 2.24) is 15.8 Å². The van der Waals surface area contributed by atoms with Crippen LogP contribution in [0.1, 0.15) is 32.8 Å². The Balaban J connectivity index is 1.35. The lowest BCUT2D eigenvalue weighted by Gasteiger charge is -2.06. The molecule has 6 heteroatoms. The molecule has 0 aliphatic rings. The molecule has 0 fully saturated rings. The molecule has 0 aliphatic heterocycles. The number of hydrogen-bond acceptors (Lipinski definition) is 5. The molecule has 0 saturated carbocycles. The molecule has 6 nitrogen and oxygen atoms in total. The standard InChI is InChI=1S/C21H21N3O3/c25-15-16-6-4-9-18(12-16)21(26)23-11-5-10-22-14-19-13-20(27-24-19)17-7-2-1-3-8-17/h1-4,6-9,12-13,15,22H,5,10-11,14H2,(H,23,26). The van der Waals surface area contributed by atoms with E-state index in [9.17, 15) is 9.59 Å².